The fraction of sp³-hybridized carbons (Fsp3) is 0.750. The highest BCUT2D eigenvalue weighted by Gasteiger charge is 2.24. The smallest absolute Gasteiger partial charge is 0.128 e. The molecule has 0 bridgehead atoms. The summed E-state index contributed by atoms with van der Waals surface area (Å²) in [6.45, 7) is 6.11. The number of hydrogen-bond acceptors (Lipinski definition) is 3. The van der Waals surface area contributed by atoms with Crippen LogP contribution in [0.4, 0.5) is 0 Å². The van der Waals surface area contributed by atoms with Gasteiger partial charge in [-0.15, -0.1) is 0 Å². The fourth-order valence-electron chi connectivity index (χ4n) is 2.19. The highest BCUT2D eigenvalue weighted by atomic mass is 79.9. The maximum atomic E-state index is 10.1. The van der Waals surface area contributed by atoms with E-state index >= 15 is 0 Å². The fourth-order valence-corrected chi connectivity index (χ4v) is 2.60. The van der Waals surface area contributed by atoms with Crippen molar-refractivity contribution in [2.45, 2.75) is 38.8 Å². The molecule has 2 heterocycles. The second-order valence-corrected chi connectivity index (χ2v) is 5.96. The van der Waals surface area contributed by atoms with E-state index < -0.39 is 5.60 Å². The van der Waals surface area contributed by atoms with Crippen molar-refractivity contribution in [3.8, 4) is 0 Å². The Morgan fingerprint density at radius 1 is 1.53 bits per heavy atom. The molecule has 0 atom stereocenters. The molecule has 2 rings (SSSR count). The van der Waals surface area contributed by atoms with E-state index in [1.54, 1.807) is 13.8 Å². The second kappa shape index (κ2) is 5.08. The van der Waals surface area contributed by atoms with E-state index in [0.29, 0.717) is 5.92 Å². The van der Waals surface area contributed by atoms with Gasteiger partial charge in [-0.2, -0.15) is 5.10 Å². The predicted octanol–water partition coefficient (Wildman–Crippen LogP) is 2.30. The van der Waals surface area contributed by atoms with E-state index in [2.05, 4.69) is 21.0 Å². The Morgan fingerprint density at radius 3 is 2.76 bits per heavy atom. The third-order valence-corrected chi connectivity index (χ3v) is 3.54. The summed E-state index contributed by atoms with van der Waals surface area (Å²) in [4.78, 5) is 0. The second-order valence-electron chi connectivity index (χ2n) is 5.15. The largest absolute Gasteiger partial charge is 0.384 e. The lowest BCUT2D eigenvalue weighted by Gasteiger charge is -2.25. The first kappa shape index (κ1) is 13.1. The molecule has 1 fully saturated rings. The molecule has 0 radical (unpaired) electrons. The summed E-state index contributed by atoms with van der Waals surface area (Å²) in [5.41, 5.74) is 0.000327. The lowest BCUT2D eigenvalue weighted by Crippen LogP contribution is -2.26. The molecule has 0 saturated carbocycles. The zero-order valence-electron chi connectivity index (χ0n) is 10.3. The Bertz CT molecular complexity index is 378. The van der Waals surface area contributed by atoms with Crippen molar-refractivity contribution in [1.29, 1.82) is 0 Å². The van der Waals surface area contributed by atoms with Gasteiger partial charge in [-0.25, -0.2) is 0 Å². The van der Waals surface area contributed by atoms with Gasteiger partial charge < -0.3 is 9.84 Å². The van der Waals surface area contributed by atoms with Crippen molar-refractivity contribution < 1.29 is 9.84 Å². The van der Waals surface area contributed by atoms with Crippen LogP contribution < -0.4 is 0 Å². The Balaban J connectivity index is 2.14. The van der Waals surface area contributed by atoms with Crippen LogP contribution in [0.1, 0.15) is 32.4 Å². The Kier molecular flexibility index (Phi) is 3.90. The maximum Gasteiger partial charge on any atom is 0.128 e. The van der Waals surface area contributed by atoms with E-state index in [9.17, 15) is 5.11 Å². The van der Waals surface area contributed by atoms with Crippen molar-refractivity contribution >= 4 is 15.9 Å². The first-order valence-electron chi connectivity index (χ1n) is 6.01. The van der Waals surface area contributed by atoms with Crippen LogP contribution in [-0.2, 0) is 16.9 Å². The number of ether oxygens (including phenoxy) is 1. The van der Waals surface area contributed by atoms with Gasteiger partial charge in [0, 0.05) is 19.8 Å². The average molecular weight is 303 g/mol. The summed E-state index contributed by atoms with van der Waals surface area (Å²) in [5, 5.41) is 14.5. The van der Waals surface area contributed by atoms with Gasteiger partial charge in [0.15, 0.2) is 0 Å². The van der Waals surface area contributed by atoms with Crippen molar-refractivity contribution in [2.75, 3.05) is 13.2 Å². The van der Waals surface area contributed by atoms with Crippen molar-refractivity contribution in [3.63, 3.8) is 0 Å². The number of halogens is 1. The minimum Gasteiger partial charge on any atom is -0.384 e. The Hall–Kier alpha value is -0.390. The summed E-state index contributed by atoms with van der Waals surface area (Å²) in [5.74, 6) is 0.594. The van der Waals surface area contributed by atoms with Gasteiger partial charge in [-0.05, 0) is 54.6 Å². The van der Waals surface area contributed by atoms with Gasteiger partial charge >= 0.3 is 0 Å². The molecule has 1 aromatic heterocycles. The molecular weight excluding hydrogens is 284 g/mol. The monoisotopic (exact) mass is 302 g/mol. The van der Waals surface area contributed by atoms with Gasteiger partial charge in [-0.3, -0.25) is 4.68 Å². The molecule has 96 valence electrons. The number of hydrogen-bond donors (Lipinski definition) is 1. The lowest BCUT2D eigenvalue weighted by atomic mass is 9.99. The van der Waals surface area contributed by atoms with Crippen LogP contribution in [0.3, 0.4) is 0 Å². The molecule has 0 aliphatic carbocycles. The molecule has 0 amide bonds. The average Bonchev–Trinajstić information content (AvgIpc) is 2.60. The van der Waals surface area contributed by atoms with E-state index in [1.165, 1.54) is 0 Å². The third kappa shape index (κ3) is 3.30. The van der Waals surface area contributed by atoms with Crippen LogP contribution in [0.25, 0.3) is 0 Å². The van der Waals surface area contributed by atoms with Gasteiger partial charge in [0.2, 0.25) is 0 Å². The quantitative estimate of drug-likeness (QED) is 0.932. The SMILES string of the molecule is CC(C)(O)c1cc(Br)nn1CC1CCOCC1. The van der Waals surface area contributed by atoms with Gasteiger partial charge in [0.25, 0.3) is 0 Å². The van der Waals surface area contributed by atoms with E-state index in [-0.39, 0.29) is 0 Å². The maximum absolute atomic E-state index is 10.1. The topological polar surface area (TPSA) is 47.3 Å². The van der Waals surface area contributed by atoms with Crippen molar-refractivity contribution in [1.82, 2.24) is 9.78 Å². The van der Waals surface area contributed by atoms with Crippen molar-refractivity contribution in [2.24, 2.45) is 5.92 Å². The predicted molar refractivity (Wildman–Crippen MR) is 68.7 cm³/mol. The van der Waals surface area contributed by atoms with Crippen LogP contribution in [-0.4, -0.2) is 28.1 Å². The van der Waals surface area contributed by atoms with E-state index in [1.807, 2.05) is 10.7 Å². The van der Waals surface area contributed by atoms with Crippen LogP contribution in [0.5, 0.6) is 0 Å². The summed E-state index contributed by atoms with van der Waals surface area (Å²) < 4.78 is 8.05. The van der Waals surface area contributed by atoms with Crippen LogP contribution >= 0.6 is 15.9 Å². The third-order valence-electron chi connectivity index (χ3n) is 3.15. The molecule has 0 aromatic carbocycles. The molecule has 5 heteroatoms. The molecule has 0 unspecified atom stereocenters. The highest BCUT2D eigenvalue weighted by molar-refractivity contribution is 9.10. The molecule has 17 heavy (non-hydrogen) atoms. The summed E-state index contributed by atoms with van der Waals surface area (Å²) >= 11 is 3.37. The summed E-state index contributed by atoms with van der Waals surface area (Å²) in [7, 11) is 0. The minimum atomic E-state index is -0.857. The number of aliphatic hydroxyl groups is 1. The molecular formula is C12H19BrN2O2. The summed E-state index contributed by atoms with van der Waals surface area (Å²) in [6, 6.07) is 1.89. The zero-order valence-corrected chi connectivity index (χ0v) is 11.9. The molecule has 1 N–H and O–H groups in total. The van der Waals surface area contributed by atoms with Gasteiger partial charge in [-0.1, -0.05) is 0 Å². The highest BCUT2D eigenvalue weighted by Crippen LogP contribution is 2.25. The van der Waals surface area contributed by atoms with Crippen LogP contribution in [0.2, 0.25) is 0 Å². The van der Waals surface area contributed by atoms with Crippen LogP contribution in [0, 0.1) is 5.92 Å². The molecule has 4 nitrogen and oxygen atoms in total. The molecule has 0 spiro atoms. The van der Waals surface area contributed by atoms with E-state index in [0.717, 1.165) is 42.9 Å². The number of rotatable bonds is 3. The number of nitrogens with zero attached hydrogens (tertiary/aromatic N) is 2. The van der Waals surface area contributed by atoms with Gasteiger partial charge in [0.1, 0.15) is 10.2 Å². The van der Waals surface area contributed by atoms with Crippen LogP contribution in [0.15, 0.2) is 10.7 Å². The zero-order chi connectivity index (χ0) is 12.5. The first-order chi connectivity index (χ1) is 7.97. The Morgan fingerprint density at radius 2 is 2.18 bits per heavy atom. The summed E-state index contributed by atoms with van der Waals surface area (Å²) in [6.07, 6.45) is 2.14. The molecule has 1 aromatic rings. The standard InChI is InChI=1S/C12H19BrN2O2/c1-12(2,16)10-7-11(13)14-15(10)8-9-3-5-17-6-4-9/h7,9,16H,3-6,8H2,1-2H3. The first-order valence-corrected chi connectivity index (χ1v) is 6.80. The van der Waals surface area contributed by atoms with Crippen molar-refractivity contribution in [3.05, 3.63) is 16.4 Å². The lowest BCUT2D eigenvalue weighted by molar-refractivity contribution is 0.0504. The Labute approximate surface area is 110 Å². The normalized spacial score (nSPS) is 18.6. The molecule has 1 aliphatic heterocycles. The minimum absolute atomic E-state index is 0.594. The van der Waals surface area contributed by atoms with E-state index in [4.69, 9.17) is 4.74 Å². The number of aromatic nitrogens is 2. The molecule has 1 aliphatic rings. The van der Waals surface area contributed by atoms with Gasteiger partial charge in [0.05, 0.1) is 5.69 Å². The molecule has 1 saturated heterocycles.